The summed E-state index contributed by atoms with van der Waals surface area (Å²) < 4.78 is 5.55. The van der Waals surface area contributed by atoms with Crippen molar-refractivity contribution in [2.45, 2.75) is 19.9 Å². The highest BCUT2D eigenvalue weighted by atomic mass is 79.9. The van der Waals surface area contributed by atoms with Gasteiger partial charge in [0.05, 0.1) is 6.61 Å². The van der Waals surface area contributed by atoms with Crippen LogP contribution >= 0.6 is 15.9 Å². The van der Waals surface area contributed by atoms with Crippen molar-refractivity contribution in [3.8, 4) is 0 Å². The largest absolute Gasteiger partial charge is 0.464 e. The quantitative estimate of drug-likeness (QED) is 0.653. The van der Waals surface area contributed by atoms with Crippen LogP contribution in [0.25, 0.3) is 0 Å². The Morgan fingerprint density at radius 2 is 2.17 bits per heavy atom. The highest BCUT2D eigenvalue weighted by Gasteiger charge is 2.23. The number of halogens is 1. The average molecular weight is 315 g/mol. The van der Waals surface area contributed by atoms with Crippen molar-refractivity contribution in [2.24, 2.45) is 5.73 Å². The fourth-order valence-corrected chi connectivity index (χ4v) is 1.66. The molecule has 0 fully saturated rings. The van der Waals surface area contributed by atoms with Gasteiger partial charge < -0.3 is 15.8 Å². The van der Waals surface area contributed by atoms with Crippen molar-refractivity contribution in [3.63, 3.8) is 0 Å². The molecule has 0 aliphatic rings. The molecule has 0 saturated carbocycles. The SMILES string of the molecule is CCOC(=O)C(N)C(=O)Nc1cccc(Br)c1C. The molecule has 98 valence electrons. The summed E-state index contributed by atoms with van der Waals surface area (Å²) in [4.78, 5) is 23.0. The predicted octanol–water partition coefficient (Wildman–Crippen LogP) is 1.59. The van der Waals surface area contributed by atoms with Crippen LogP contribution in [0.3, 0.4) is 0 Å². The molecule has 1 rings (SSSR count). The van der Waals surface area contributed by atoms with Crippen LogP contribution in [-0.2, 0) is 14.3 Å². The molecule has 0 radical (unpaired) electrons. The van der Waals surface area contributed by atoms with Gasteiger partial charge in [0.2, 0.25) is 0 Å². The second-order valence-corrected chi connectivity index (χ2v) is 4.49. The molecule has 1 aromatic rings. The summed E-state index contributed by atoms with van der Waals surface area (Å²) >= 11 is 3.35. The molecule has 0 aliphatic heterocycles. The molecular weight excluding hydrogens is 300 g/mol. The Bertz CT molecular complexity index is 463. The van der Waals surface area contributed by atoms with Gasteiger partial charge in [-0.25, -0.2) is 4.79 Å². The van der Waals surface area contributed by atoms with Gasteiger partial charge in [-0.05, 0) is 31.5 Å². The van der Waals surface area contributed by atoms with Gasteiger partial charge in [-0.1, -0.05) is 22.0 Å². The smallest absolute Gasteiger partial charge is 0.332 e. The van der Waals surface area contributed by atoms with Gasteiger partial charge in [0.25, 0.3) is 5.91 Å². The summed E-state index contributed by atoms with van der Waals surface area (Å²) in [5.74, 6) is -1.32. The highest BCUT2D eigenvalue weighted by molar-refractivity contribution is 9.10. The number of amides is 1. The number of ether oxygens (including phenoxy) is 1. The Hall–Kier alpha value is -1.40. The minimum absolute atomic E-state index is 0.190. The number of benzene rings is 1. The van der Waals surface area contributed by atoms with Crippen molar-refractivity contribution in [2.75, 3.05) is 11.9 Å². The van der Waals surface area contributed by atoms with E-state index in [1.807, 2.05) is 13.0 Å². The number of rotatable bonds is 4. The molecule has 5 nitrogen and oxygen atoms in total. The van der Waals surface area contributed by atoms with Crippen molar-refractivity contribution >= 4 is 33.5 Å². The fraction of sp³-hybridized carbons (Fsp3) is 0.333. The van der Waals surface area contributed by atoms with Gasteiger partial charge in [0.1, 0.15) is 0 Å². The summed E-state index contributed by atoms with van der Waals surface area (Å²) in [5.41, 5.74) is 6.95. The van der Waals surface area contributed by atoms with Crippen molar-refractivity contribution in [1.29, 1.82) is 0 Å². The second-order valence-electron chi connectivity index (χ2n) is 3.63. The molecule has 6 heteroatoms. The lowest BCUT2D eigenvalue weighted by Crippen LogP contribution is -2.43. The number of esters is 1. The zero-order chi connectivity index (χ0) is 13.7. The molecule has 1 amide bonds. The Morgan fingerprint density at radius 1 is 1.50 bits per heavy atom. The van der Waals surface area contributed by atoms with Crippen LogP contribution in [0.4, 0.5) is 5.69 Å². The van der Waals surface area contributed by atoms with Crippen molar-refractivity contribution in [3.05, 3.63) is 28.2 Å². The first-order valence-electron chi connectivity index (χ1n) is 5.45. The summed E-state index contributed by atoms with van der Waals surface area (Å²) in [6, 6.07) is 4.05. The van der Waals surface area contributed by atoms with Gasteiger partial charge in [0, 0.05) is 10.2 Å². The molecular formula is C12H15BrN2O3. The maximum Gasteiger partial charge on any atom is 0.332 e. The fourth-order valence-electron chi connectivity index (χ4n) is 1.29. The maximum absolute atomic E-state index is 11.7. The Balaban J connectivity index is 2.75. The normalized spacial score (nSPS) is 11.8. The topological polar surface area (TPSA) is 81.4 Å². The Labute approximate surface area is 114 Å². The van der Waals surface area contributed by atoms with E-state index >= 15 is 0 Å². The van der Waals surface area contributed by atoms with Crippen LogP contribution in [-0.4, -0.2) is 24.5 Å². The van der Waals surface area contributed by atoms with E-state index in [9.17, 15) is 9.59 Å². The van der Waals surface area contributed by atoms with E-state index in [2.05, 4.69) is 26.0 Å². The maximum atomic E-state index is 11.7. The first-order valence-corrected chi connectivity index (χ1v) is 6.24. The third-order valence-corrected chi connectivity index (χ3v) is 3.21. The molecule has 0 saturated heterocycles. The molecule has 18 heavy (non-hydrogen) atoms. The molecule has 0 aliphatic carbocycles. The lowest BCUT2D eigenvalue weighted by atomic mass is 10.2. The van der Waals surface area contributed by atoms with E-state index in [4.69, 9.17) is 5.73 Å². The van der Waals surface area contributed by atoms with Gasteiger partial charge in [-0.2, -0.15) is 0 Å². The van der Waals surface area contributed by atoms with Crippen molar-refractivity contribution in [1.82, 2.24) is 0 Å². The number of carbonyl (C=O) groups is 2. The number of nitrogens with one attached hydrogen (secondary N) is 1. The average Bonchev–Trinajstić information content (AvgIpc) is 2.34. The molecule has 0 bridgehead atoms. The minimum Gasteiger partial charge on any atom is -0.464 e. The van der Waals surface area contributed by atoms with Crippen LogP contribution in [0, 0.1) is 6.92 Å². The molecule has 0 spiro atoms. The first kappa shape index (κ1) is 14.7. The van der Waals surface area contributed by atoms with Crippen molar-refractivity contribution < 1.29 is 14.3 Å². The van der Waals surface area contributed by atoms with Gasteiger partial charge in [-0.3, -0.25) is 4.79 Å². The van der Waals surface area contributed by atoms with Gasteiger partial charge in [0.15, 0.2) is 6.04 Å². The van der Waals surface area contributed by atoms with E-state index in [1.54, 1.807) is 19.1 Å². The van der Waals surface area contributed by atoms with E-state index < -0.39 is 17.9 Å². The van der Waals surface area contributed by atoms with Crippen LogP contribution in [0.2, 0.25) is 0 Å². The third kappa shape index (κ3) is 3.54. The van der Waals surface area contributed by atoms with E-state index in [1.165, 1.54) is 0 Å². The number of hydrogen-bond donors (Lipinski definition) is 2. The molecule has 1 atom stereocenters. The number of carbonyl (C=O) groups excluding carboxylic acids is 2. The second kappa shape index (κ2) is 6.51. The zero-order valence-corrected chi connectivity index (χ0v) is 11.8. The number of nitrogens with two attached hydrogens (primary N) is 1. The Kier molecular flexibility index (Phi) is 5.30. The molecule has 0 heterocycles. The molecule has 1 aromatic carbocycles. The van der Waals surface area contributed by atoms with Crippen LogP contribution in [0.1, 0.15) is 12.5 Å². The van der Waals surface area contributed by atoms with E-state index in [-0.39, 0.29) is 6.61 Å². The first-order chi connectivity index (χ1) is 8.47. The summed E-state index contributed by atoms with van der Waals surface area (Å²) in [7, 11) is 0. The summed E-state index contributed by atoms with van der Waals surface area (Å²) in [5, 5.41) is 2.60. The monoisotopic (exact) mass is 314 g/mol. The molecule has 1 unspecified atom stereocenters. The standard InChI is InChI=1S/C12H15BrN2O3/c1-3-18-12(17)10(14)11(16)15-9-6-4-5-8(13)7(9)2/h4-6,10H,3,14H2,1-2H3,(H,15,16). The van der Waals surface area contributed by atoms with Gasteiger partial charge >= 0.3 is 5.97 Å². The third-order valence-electron chi connectivity index (χ3n) is 2.35. The predicted molar refractivity (Wildman–Crippen MR) is 72.1 cm³/mol. The molecule has 3 N–H and O–H groups in total. The molecule has 0 aromatic heterocycles. The van der Waals surface area contributed by atoms with Crippen LogP contribution in [0.5, 0.6) is 0 Å². The lowest BCUT2D eigenvalue weighted by molar-refractivity contribution is -0.146. The van der Waals surface area contributed by atoms with E-state index in [0.717, 1.165) is 10.0 Å². The number of hydrogen-bond acceptors (Lipinski definition) is 4. The lowest BCUT2D eigenvalue weighted by Gasteiger charge is -2.13. The number of anilines is 1. The van der Waals surface area contributed by atoms with Crippen LogP contribution in [0.15, 0.2) is 22.7 Å². The highest BCUT2D eigenvalue weighted by Crippen LogP contribution is 2.23. The minimum atomic E-state index is -1.32. The summed E-state index contributed by atoms with van der Waals surface area (Å²) in [6.07, 6.45) is 0. The van der Waals surface area contributed by atoms with Gasteiger partial charge in [-0.15, -0.1) is 0 Å². The van der Waals surface area contributed by atoms with Crippen LogP contribution < -0.4 is 11.1 Å². The zero-order valence-electron chi connectivity index (χ0n) is 10.2. The summed E-state index contributed by atoms with van der Waals surface area (Å²) in [6.45, 7) is 3.69. The van der Waals surface area contributed by atoms with E-state index in [0.29, 0.717) is 5.69 Å². The Morgan fingerprint density at radius 3 is 2.78 bits per heavy atom.